The summed E-state index contributed by atoms with van der Waals surface area (Å²) in [6.07, 6.45) is -0.215. The Balaban J connectivity index is 2.37. The number of para-hydroxylation sites is 1. The van der Waals surface area contributed by atoms with Gasteiger partial charge in [-0.1, -0.05) is 18.2 Å². The first-order valence-corrected chi connectivity index (χ1v) is 4.51. The third-order valence-corrected chi connectivity index (χ3v) is 2.46. The van der Waals surface area contributed by atoms with Crippen molar-refractivity contribution in [1.82, 2.24) is 0 Å². The molecule has 12 heavy (non-hydrogen) atoms. The molecule has 0 aliphatic carbocycles. The molecule has 2 unspecified atom stereocenters. The van der Waals surface area contributed by atoms with Crippen LogP contribution in [0, 0.1) is 0 Å². The van der Waals surface area contributed by atoms with Crippen LogP contribution >= 0.6 is 9.03 Å². The summed E-state index contributed by atoms with van der Waals surface area (Å²) in [5.74, 6) is 0.820. The van der Waals surface area contributed by atoms with Gasteiger partial charge >= 0.3 is 0 Å². The maximum Gasteiger partial charge on any atom is 0.216 e. The van der Waals surface area contributed by atoms with Crippen molar-refractivity contribution in [1.29, 1.82) is 0 Å². The van der Waals surface area contributed by atoms with Gasteiger partial charge in [0.25, 0.3) is 0 Å². The van der Waals surface area contributed by atoms with Gasteiger partial charge in [-0.25, -0.2) is 0 Å². The first kappa shape index (κ1) is 7.99. The van der Waals surface area contributed by atoms with E-state index < -0.39 is 0 Å². The van der Waals surface area contributed by atoms with Gasteiger partial charge in [0.1, 0.15) is 11.9 Å². The second kappa shape index (κ2) is 3.40. The number of aliphatic hydroxyl groups excluding tert-OH is 1. The third kappa shape index (κ3) is 1.31. The fourth-order valence-electron chi connectivity index (χ4n) is 1.17. The van der Waals surface area contributed by atoms with Crippen molar-refractivity contribution in [2.45, 2.75) is 6.10 Å². The molecule has 1 aliphatic rings. The van der Waals surface area contributed by atoms with Crippen molar-refractivity contribution < 1.29 is 14.2 Å². The van der Waals surface area contributed by atoms with E-state index in [-0.39, 0.29) is 21.7 Å². The van der Waals surface area contributed by atoms with Gasteiger partial charge in [0.15, 0.2) is 0 Å². The Morgan fingerprint density at radius 1 is 1.42 bits per heavy atom. The second-order valence-electron chi connectivity index (χ2n) is 2.51. The Labute approximate surface area is 72.3 Å². The van der Waals surface area contributed by atoms with Crippen LogP contribution in [0.2, 0.25) is 0 Å². The van der Waals surface area contributed by atoms with Gasteiger partial charge in [-0.15, -0.1) is 0 Å². The van der Waals surface area contributed by atoms with E-state index in [4.69, 9.17) is 14.2 Å². The van der Waals surface area contributed by atoms with Gasteiger partial charge in [0.2, 0.25) is 9.03 Å². The van der Waals surface area contributed by atoms with Crippen LogP contribution in [0.5, 0.6) is 5.75 Å². The van der Waals surface area contributed by atoms with Gasteiger partial charge in [-0.2, -0.15) is 0 Å². The van der Waals surface area contributed by atoms with E-state index in [1.54, 1.807) is 0 Å². The smallest absolute Gasteiger partial charge is 0.216 e. The molecule has 0 spiro atoms. The van der Waals surface area contributed by atoms with Gasteiger partial charge in [0, 0.05) is 5.56 Å². The normalized spacial score (nSPS) is 23.2. The fraction of sp³-hybridized carbons (Fsp3) is 0.250. The monoisotopic (exact) mass is 184 g/mol. The summed E-state index contributed by atoms with van der Waals surface area (Å²) in [6, 6.07) is 7.60. The minimum Gasteiger partial charge on any atom is -0.449 e. The number of fused-ring (bicyclic) bond motifs is 1. The lowest BCUT2D eigenvalue weighted by molar-refractivity contribution is 0.114. The van der Waals surface area contributed by atoms with Crippen molar-refractivity contribution in [3.8, 4) is 5.75 Å². The largest absolute Gasteiger partial charge is 0.449 e. The molecular formula is C8H9O3P. The molecule has 0 aromatic heterocycles. The molecule has 1 aromatic carbocycles. The quantitative estimate of drug-likeness (QED) is 0.674. The molecule has 1 heterocycles. The molecule has 1 aromatic rings. The average molecular weight is 184 g/mol. The van der Waals surface area contributed by atoms with E-state index in [0.29, 0.717) is 0 Å². The van der Waals surface area contributed by atoms with Crippen LogP contribution in [0.3, 0.4) is 0 Å². The average Bonchev–Trinajstić information content (AvgIpc) is 2.17. The summed E-state index contributed by atoms with van der Waals surface area (Å²) in [5, 5.41) is 8.96. The predicted molar refractivity (Wildman–Crippen MR) is 46.3 cm³/mol. The van der Waals surface area contributed by atoms with Crippen molar-refractivity contribution in [3.63, 3.8) is 0 Å². The Morgan fingerprint density at radius 3 is 3.08 bits per heavy atom. The molecule has 3 nitrogen and oxygen atoms in total. The number of rotatable bonds is 1. The van der Waals surface area contributed by atoms with Crippen LogP contribution in [0.25, 0.3) is 0 Å². The zero-order valence-corrected chi connectivity index (χ0v) is 7.36. The standard InChI is InChI=1S/C8H9O3P/c9-5-8-6-3-1-2-4-7(6)10-12-11-8/h1-4,8-9,12H,5H2. The summed E-state index contributed by atoms with van der Waals surface area (Å²) in [6.45, 7) is 0.00731. The zero-order chi connectivity index (χ0) is 8.39. The molecule has 0 saturated carbocycles. The molecule has 1 aliphatic heterocycles. The van der Waals surface area contributed by atoms with Crippen molar-refractivity contribution in [2.75, 3.05) is 6.61 Å². The summed E-state index contributed by atoms with van der Waals surface area (Å²) in [4.78, 5) is 0. The van der Waals surface area contributed by atoms with Crippen LogP contribution in [0.15, 0.2) is 24.3 Å². The van der Waals surface area contributed by atoms with Crippen LogP contribution in [-0.2, 0) is 4.52 Å². The molecule has 0 radical (unpaired) electrons. The van der Waals surface area contributed by atoms with E-state index in [0.717, 1.165) is 11.3 Å². The molecule has 0 bridgehead atoms. The first-order chi connectivity index (χ1) is 5.92. The zero-order valence-electron chi connectivity index (χ0n) is 6.36. The van der Waals surface area contributed by atoms with Gasteiger partial charge in [0.05, 0.1) is 6.61 Å². The lowest BCUT2D eigenvalue weighted by atomic mass is 10.1. The molecule has 64 valence electrons. The van der Waals surface area contributed by atoms with E-state index in [2.05, 4.69) is 0 Å². The molecule has 0 fully saturated rings. The number of aliphatic hydroxyl groups is 1. The van der Waals surface area contributed by atoms with Crippen LogP contribution in [-0.4, -0.2) is 11.7 Å². The van der Waals surface area contributed by atoms with E-state index in [1.807, 2.05) is 24.3 Å². The van der Waals surface area contributed by atoms with E-state index in [9.17, 15) is 0 Å². The highest BCUT2D eigenvalue weighted by Crippen LogP contribution is 2.40. The predicted octanol–water partition coefficient (Wildman–Crippen LogP) is 1.64. The maximum absolute atomic E-state index is 8.96. The Morgan fingerprint density at radius 2 is 2.25 bits per heavy atom. The Kier molecular flexibility index (Phi) is 2.26. The minimum atomic E-state index is -0.215. The van der Waals surface area contributed by atoms with Crippen molar-refractivity contribution in [3.05, 3.63) is 29.8 Å². The van der Waals surface area contributed by atoms with E-state index in [1.165, 1.54) is 0 Å². The van der Waals surface area contributed by atoms with Gasteiger partial charge in [-0.05, 0) is 6.07 Å². The topological polar surface area (TPSA) is 38.7 Å². The molecular weight excluding hydrogens is 175 g/mol. The van der Waals surface area contributed by atoms with Gasteiger partial charge < -0.3 is 14.2 Å². The summed E-state index contributed by atoms with van der Waals surface area (Å²) in [5.41, 5.74) is 0.929. The van der Waals surface area contributed by atoms with Crippen LogP contribution in [0.1, 0.15) is 11.7 Å². The van der Waals surface area contributed by atoms with Gasteiger partial charge in [-0.3, -0.25) is 0 Å². The summed E-state index contributed by atoms with van der Waals surface area (Å²) < 4.78 is 10.5. The van der Waals surface area contributed by atoms with Crippen molar-refractivity contribution >= 4 is 9.03 Å². The number of hydrogen-bond donors (Lipinski definition) is 1. The number of hydrogen-bond acceptors (Lipinski definition) is 3. The minimum absolute atomic E-state index is 0.00417. The Bertz CT molecular complexity index is 277. The molecule has 4 heteroatoms. The molecule has 2 atom stereocenters. The highest BCUT2D eigenvalue weighted by molar-refractivity contribution is 7.26. The molecule has 1 N–H and O–H groups in total. The van der Waals surface area contributed by atoms with Crippen LogP contribution < -0.4 is 4.52 Å². The highest BCUT2D eigenvalue weighted by atomic mass is 31.1. The third-order valence-electron chi connectivity index (χ3n) is 1.77. The second-order valence-corrected chi connectivity index (χ2v) is 3.12. The summed E-state index contributed by atoms with van der Waals surface area (Å²) in [7, 11) is -0.00417. The SMILES string of the molecule is OCC1OPOc2ccccc21. The lowest BCUT2D eigenvalue weighted by Gasteiger charge is -2.23. The van der Waals surface area contributed by atoms with E-state index >= 15 is 0 Å². The maximum atomic E-state index is 8.96. The van der Waals surface area contributed by atoms with Crippen molar-refractivity contribution in [2.24, 2.45) is 0 Å². The Hall–Kier alpha value is -0.630. The fourth-order valence-corrected chi connectivity index (χ4v) is 1.81. The number of benzene rings is 1. The highest BCUT2D eigenvalue weighted by Gasteiger charge is 2.20. The lowest BCUT2D eigenvalue weighted by Crippen LogP contribution is -2.10. The molecule has 0 saturated heterocycles. The molecule has 2 rings (SSSR count). The summed E-state index contributed by atoms with van der Waals surface area (Å²) >= 11 is 0. The van der Waals surface area contributed by atoms with Crippen LogP contribution in [0.4, 0.5) is 0 Å². The first-order valence-electron chi connectivity index (χ1n) is 3.69. The molecule has 0 amide bonds.